The Morgan fingerprint density at radius 3 is 2.44 bits per heavy atom. The van der Waals surface area contributed by atoms with Crippen molar-refractivity contribution < 1.29 is 18.0 Å². The number of hydrogen-bond donors (Lipinski definition) is 0. The van der Waals surface area contributed by atoms with Gasteiger partial charge >= 0.3 is 6.18 Å². The number of anilines is 1. The zero-order chi connectivity index (χ0) is 25.0. The quantitative estimate of drug-likeness (QED) is 0.449. The number of likely N-dealkylation sites (tertiary alicyclic amines) is 1. The Labute approximate surface area is 211 Å². The maximum Gasteiger partial charge on any atom is 0.416 e. The van der Waals surface area contributed by atoms with Crippen molar-refractivity contribution in [1.29, 1.82) is 0 Å². The largest absolute Gasteiger partial charge is 0.416 e. The summed E-state index contributed by atoms with van der Waals surface area (Å²) in [5, 5.41) is 5.20. The molecule has 3 aliphatic rings. The Hall–Kier alpha value is -3.07. The molecule has 188 valence electrons. The third-order valence-electron chi connectivity index (χ3n) is 7.45. The molecule has 36 heavy (non-hydrogen) atoms. The molecule has 1 atom stereocenters. The number of nitrogens with zero attached hydrogens (tertiary/aromatic N) is 5. The smallest absolute Gasteiger partial charge is 0.352 e. The molecule has 0 radical (unpaired) electrons. The van der Waals surface area contributed by atoms with E-state index >= 15 is 0 Å². The number of pyridine rings is 1. The van der Waals surface area contributed by atoms with Crippen LogP contribution in [0, 0.1) is 0 Å². The van der Waals surface area contributed by atoms with E-state index in [-0.39, 0.29) is 30.0 Å². The number of carbonyl (C=O) groups excluding carboxylic acids is 1. The number of amides is 1. The monoisotopic (exact) mass is 515 g/mol. The van der Waals surface area contributed by atoms with Gasteiger partial charge in [-0.3, -0.25) is 9.48 Å². The van der Waals surface area contributed by atoms with E-state index in [1.807, 2.05) is 16.8 Å². The minimum atomic E-state index is -4.41. The van der Waals surface area contributed by atoms with E-state index in [9.17, 15) is 18.0 Å². The molecule has 1 aromatic carbocycles. The lowest BCUT2D eigenvalue weighted by atomic mass is 9.93. The highest BCUT2D eigenvalue weighted by atomic mass is 35.5. The second kappa shape index (κ2) is 8.80. The predicted octanol–water partition coefficient (Wildman–Crippen LogP) is 5.52. The molecule has 1 amide bonds. The van der Waals surface area contributed by atoms with Gasteiger partial charge in [-0.1, -0.05) is 29.8 Å². The highest BCUT2D eigenvalue weighted by molar-refractivity contribution is 6.30. The Morgan fingerprint density at radius 1 is 0.972 bits per heavy atom. The molecule has 0 spiro atoms. The predicted molar refractivity (Wildman–Crippen MR) is 129 cm³/mol. The first-order valence-electron chi connectivity index (χ1n) is 12.2. The summed E-state index contributed by atoms with van der Waals surface area (Å²) >= 11 is 5.94. The minimum absolute atomic E-state index is 0.134. The van der Waals surface area contributed by atoms with Gasteiger partial charge in [0.25, 0.3) is 5.91 Å². The van der Waals surface area contributed by atoms with E-state index in [1.54, 1.807) is 23.4 Å². The Bertz CT molecular complexity index is 1280. The van der Waals surface area contributed by atoms with Gasteiger partial charge in [-0.2, -0.15) is 18.3 Å². The highest BCUT2D eigenvalue weighted by Crippen LogP contribution is 2.44. The van der Waals surface area contributed by atoms with E-state index in [0.717, 1.165) is 43.5 Å². The molecule has 2 aliphatic heterocycles. The molecule has 4 heterocycles. The average Bonchev–Trinajstić information content (AvgIpc) is 3.38. The van der Waals surface area contributed by atoms with Crippen molar-refractivity contribution in [2.75, 3.05) is 31.1 Å². The van der Waals surface area contributed by atoms with Crippen LogP contribution in [0.5, 0.6) is 0 Å². The Kier molecular flexibility index (Phi) is 5.70. The normalized spacial score (nSPS) is 20.6. The maximum absolute atomic E-state index is 13.5. The van der Waals surface area contributed by atoms with Gasteiger partial charge in [0.2, 0.25) is 0 Å². The van der Waals surface area contributed by atoms with Crippen LogP contribution in [0.1, 0.15) is 64.3 Å². The molecular weight excluding hydrogens is 491 g/mol. The first kappa shape index (κ1) is 23.3. The summed E-state index contributed by atoms with van der Waals surface area (Å²) in [6.45, 7) is 2.19. The highest BCUT2D eigenvalue weighted by Gasteiger charge is 2.41. The Morgan fingerprint density at radius 2 is 1.75 bits per heavy atom. The fourth-order valence-corrected chi connectivity index (χ4v) is 5.54. The number of hydrogen-bond acceptors (Lipinski definition) is 4. The van der Waals surface area contributed by atoms with Crippen LogP contribution in [0.2, 0.25) is 5.02 Å². The molecule has 1 unspecified atom stereocenters. The summed E-state index contributed by atoms with van der Waals surface area (Å²) in [5.74, 6) is 0.691. The third kappa shape index (κ3) is 4.23. The van der Waals surface area contributed by atoms with Crippen LogP contribution in [-0.4, -0.2) is 51.8 Å². The van der Waals surface area contributed by atoms with Gasteiger partial charge in [0.15, 0.2) is 0 Å². The fourth-order valence-electron chi connectivity index (χ4n) is 5.42. The van der Waals surface area contributed by atoms with Crippen molar-refractivity contribution in [3.8, 4) is 0 Å². The first-order valence-corrected chi connectivity index (χ1v) is 12.6. The maximum atomic E-state index is 13.5. The number of halogens is 4. The summed E-state index contributed by atoms with van der Waals surface area (Å²) in [7, 11) is 0. The van der Waals surface area contributed by atoms with Crippen LogP contribution in [0.15, 0.2) is 48.8 Å². The first-order chi connectivity index (χ1) is 17.3. The minimum Gasteiger partial charge on any atom is -0.352 e. The van der Waals surface area contributed by atoms with Crippen molar-refractivity contribution >= 4 is 23.3 Å². The van der Waals surface area contributed by atoms with E-state index < -0.39 is 11.7 Å². The molecule has 0 N–H and O–H groups in total. The lowest BCUT2D eigenvalue weighted by molar-refractivity contribution is -0.138. The number of aromatic nitrogens is 3. The summed E-state index contributed by atoms with van der Waals surface area (Å²) in [6.07, 6.45) is 1.41. The van der Waals surface area contributed by atoms with E-state index in [2.05, 4.69) is 15.0 Å². The Balaban J connectivity index is 1.18. The lowest BCUT2D eigenvalue weighted by Gasteiger charge is -2.40. The molecule has 1 aliphatic carbocycles. The summed E-state index contributed by atoms with van der Waals surface area (Å²) in [4.78, 5) is 21.7. The van der Waals surface area contributed by atoms with Crippen LogP contribution in [0.25, 0.3) is 0 Å². The van der Waals surface area contributed by atoms with Gasteiger partial charge in [0, 0.05) is 44.2 Å². The summed E-state index contributed by atoms with van der Waals surface area (Å²) < 4.78 is 42.6. The molecule has 6 nitrogen and oxygen atoms in total. The molecule has 3 aromatic rings. The van der Waals surface area contributed by atoms with Crippen LogP contribution in [-0.2, 0) is 6.18 Å². The standard InChI is InChI=1S/C26H25ClF3N5O/c27-18-7-8-23(31-11-18)34-14-19(15-34)35-24(16-5-6-16)21(12-32-35)25(36)33-10-9-17(13-33)20-3-1-2-4-22(20)26(28,29)30/h1-4,7-8,11-12,16-17,19H,5-6,9-10,13-15H2. The second-order valence-electron chi connectivity index (χ2n) is 9.88. The van der Waals surface area contributed by atoms with Crippen LogP contribution >= 0.6 is 11.6 Å². The number of benzene rings is 1. The fraction of sp³-hybridized carbons (Fsp3) is 0.423. The van der Waals surface area contributed by atoms with E-state index in [4.69, 9.17) is 11.6 Å². The van der Waals surface area contributed by atoms with Gasteiger partial charge in [0.05, 0.1) is 34.1 Å². The SMILES string of the molecule is O=C(c1cnn(C2CN(c3ccc(Cl)cn3)C2)c1C1CC1)N1CCC(c2ccccc2C(F)(F)F)C1. The van der Waals surface area contributed by atoms with Crippen molar-refractivity contribution in [2.45, 2.75) is 43.3 Å². The molecule has 3 fully saturated rings. The van der Waals surface area contributed by atoms with Crippen molar-refractivity contribution in [2.24, 2.45) is 0 Å². The van der Waals surface area contributed by atoms with Gasteiger partial charge in [0.1, 0.15) is 5.82 Å². The zero-order valence-electron chi connectivity index (χ0n) is 19.5. The van der Waals surface area contributed by atoms with Gasteiger partial charge in [-0.05, 0) is 43.0 Å². The van der Waals surface area contributed by atoms with Gasteiger partial charge < -0.3 is 9.80 Å². The number of alkyl halides is 3. The van der Waals surface area contributed by atoms with Gasteiger partial charge in [-0.25, -0.2) is 4.98 Å². The van der Waals surface area contributed by atoms with Crippen molar-refractivity contribution in [3.63, 3.8) is 0 Å². The van der Waals surface area contributed by atoms with Crippen molar-refractivity contribution in [3.05, 3.63) is 76.2 Å². The molecule has 1 saturated carbocycles. The van der Waals surface area contributed by atoms with Crippen LogP contribution in [0.3, 0.4) is 0 Å². The number of carbonyl (C=O) groups is 1. The van der Waals surface area contributed by atoms with Crippen molar-refractivity contribution in [1.82, 2.24) is 19.7 Å². The second-order valence-corrected chi connectivity index (χ2v) is 10.3. The zero-order valence-corrected chi connectivity index (χ0v) is 20.2. The molecule has 2 saturated heterocycles. The molecule has 0 bridgehead atoms. The lowest BCUT2D eigenvalue weighted by Crippen LogP contribution is -2.49. The molecule has 2 aromatic heterocycles. The molecule has 6 rings (SSSR count). The van der Waals surface area contributed by atoms with E-state index in [0.29, 0.717) is 29.5 Å². The molecular formula is C26H25ClF3N5O. The third-order valence-corrected chi connectivity index (χ3v) is 7.68. The number of rotatable bonds is 5. The van der Waals surface area contributed by atoms with Gasteiger partial charge in [-0.15, -0.1) is 0 Å². The topological polar surface area (TPSA) is 54.3 Å². The summed E-state index contributed by atoms with van der Waals surface area (Å²) in [6, 6.07) is 9.54. The van der Waals surface area contributed by atoms with E-state index in [1.165, 1.54) is 12.1 Å². The average molecular weight is 516 g/mol. The summed E-state index contributed by atoms with van der Waals surface area (Å²) in [5.41, 5.74) is 1.21. The van der Waals surface area contributed by atoms with Crippen LogP contribution in [0.4, 0.5) is 19.0 Å². The van der Waals surface area contributed by atoms with Crippen LogP contribution < -0.4 is 4.90 Å². The molecule has 10 heteroatoms.